The van der Waals surface area contributed by atoms with Crippen LogP contribution >= 0.6 is 0 Å². The van der Waals surface area contributed by atoms with Gasteiger partial charge in [0.25, 0.3) is 0 Å². The molecule has 1 atom stereocenters. The Balaban J connectivity index is 0.000000265. The first-order valence-corrected chi connectivity index (χ1v) is 5.85. The van der Waals surface area contributed by atoms with E-state index in [0.29, 0.717) is 0 Å². The van der Waals surface area contributed by atoms with Crippen LogP contribution in [0, 0.1) is 5.92 Å². The third-order valence-corrected chi connectivity index (χ3v) is 2.30. The van der Waals surface area contributed by atoms with Crippen molar-refractivity contribution in [2.45, 2.75) is 26.2 Å². The van der Waals surface area contributed by atoms with Gasteiger partial charge in [-0.2, -0.15) is 0 Å². The molecule has 2 nitrogen and oxygen atoms in total. The molecule has 1 saturated heterocycles. The van der Waals surface area contributed by atoms with Crippen molar-refractivity contribution in [3.05, 3.63) is 25.3 Å². The minimum Gasteiger partial charge on any atom is -0.381 e. The summed E-state index contributed by atoms with van der Waals surface area (Å²) in [5, 5.41) is 3.05. The standard InChI is InChI=1S/C7H14O.C6H11N/c1-2-3-7-4-5-8-6-7;1-3-5-7-6-4-2/h7H,2-6H2,1H3;3-4,7H,1-2,5-6H2/t7-;/m1./s1. The van der Waals surface area contributed by atoms with Crippen molar-refractivity contribution in [2.24, 2.45) is 5.92 Å². The third-order valence-electron chi connectivity index (χ3n) is 2.30. The molecule has 1 N–H and O–H groups in total. The van der Waals surface area contributed by atoms with Crippen LogP contribution in [0.15, 0.2) is 25.3 Å². The number of hydrogen-bond donors (Lipinski definition) is 1. The summed E-state index contributed by atoms with van der Waals surface area (Å²) in [6.07, 6.45) is 7.62. The lowest BCUT2D eigenvalue weighted by Gasteiger charge is -2.01. The molecule has 0 aliphatic carbocycles. The summed E-state index contributed by atoms with van der Waals surface area (Å²) in [6, 6.07) is 0. The van der Waals surface area contributed by atoms with Crippen LogP contribution in [0.4, 0.5) is 0 Å². The third kappa shape index (κ3) is 9.70. The smallest absolute Gasteiger partial charge is 0.0495 e. The van der Waals surface area contributed by atoms with E-state index >= 15 is 0 Å². The fourth-order valence-electron chi connectivity index (χ4n) is 1.51. The van der Waals surface area contributed by atoms with Crippen LogP contribution in [0.2, 0.25) is 0 Å². The van der Waals surface area contributed by atoms with Gasteiger partial charge in [-0.1, -0.05) is 25.5 Å². The molecule has 0 saturated carbocycles. The number of rotatable bonds is 6. The van der Waals surface area contributed by atoms with Gasteiger partial charge in [0.05, 0.1) is 0 Å². The average Bonchev–Trinajstić information content (AvgIpc) is 2.73. The van der Waals surface area contributed by atoms with E-state index in [1.54, 1.807) is 0 Å². The molecule has 88 valence electrons. The van der Waals surface area contributed by atoms with E-state index in [1.807, 2.05) is 12.2 Å². The Hall–Kier alpha value is -0.600. The molecule has 1 heterocycles. The first kappa shape index (κ1) is 14.4. The Morgan fingerprint density at radius 3 is 2.40 bits per heavy atom. The Kier molecular flexibility index (Phi) is 11.0. The molecule has 0 radical (unpaired) electrons. The highest BCUT2D eigenvalue weighted by Crippen LogP contribution is 2.16. The van der Waals surface area contributed by atoms with E-state index in [1.165, 1.54) is 19.3 Å². The average molecular weight is 211 g/mol. The highest BCUT2D eigenvalue weighted by molar-refractivity contribution is 4.75. The molecular formula is C13H25NO. The van der Waals surface area contributed by atoms with Gasteiger partial charge < -0.3 is 10.1 Å². The predicted octanol–water partition coefficient (Wildman–Crippen LogP) is 2.77. The van der Waals surface area contributed by atoms with Crippen LogP contribution in [-0.2, 0) is 4.74 Å². The van der Waals surface area contributed by atoms with E-state index in [0.717, 1.165) is 32.2 Å². The van der Waals surface area contributed by atoms with E-state index in [4.69, 9.17) is 4.74 Å². The zero-order valence-corrected chi connectivity index (χ0v) is 10.0. The number of hydrogen-bond acceptors (Lipinski definition) is 2. The van der Waals surface area contributed by atoms with Crippen molar-refractivity contribution < 1.29 is 4.74 Å². The molecule has 0 unspecified atom stereocenters. The van der Waals surface area contributed by atoms with Gasteiger partial charge in [-0.15, -0.1) is 13.2 Å². The SMILES string of the molecule is C=CCNCC=C.CCC[C@@H]1CCOC1. The minimum absolute atomic E-state index is 0.867. The van der Waals surface area contributed by atoms with Crippen molar-refractivity contribution in [2.75, 3.05) is 26.3 Å². The first-order valence-electron chi connectivity index (χ1n) is 5.85. The second-order valence-corrected chi connectivity index (χ2v) is 3.75. The topological polar surface area (TPSA) is 21.3 Å². The van der Waals surface area contributed by atoms with Gasteiger partial charge in [0.2, 0.25) is 0 Å². The van der Waals surface area contributed by atoms with Gasteiger partial charge in [-0.05, 0) is 18.8 Å². The van der Waals surface area contributed by atoms with E-state index in [9.17, 15) is 0 Å². The second kappa shape index (κ2) is 11.5. The maximum atomic E-state index is 5.21. The highest BCUT2D eigenvalue weighted by Gasteiger charge is 2.13. The summed E-state index contributed by atoms with van der Waals surface area (Å²) in [4.78, 5) is 0. The molecule has 1 rings (SSSR count). The predicted molar refractivity (Wildman–Crippen MR) is 67.1 cm³/mol. The fourth-order valence-corrected chi connectivity index (χ4v) is 1.51. The molecule has 0 aromatic rings. The van der Waals surface area contributed by atoms with Gasteiger partial charge in [0.1, 0.15) is 0 Å². The van der Waals surface area contributed by atoms with Crippen LogP contribution in [0.25, 0.3) is 0 Å². The Morgan fingerprint density at radius 1 is 1.33 bits per heavy atom. The quantitative estimate of drug-likeness (QED) is 0.539. The Morgan fingerprint density at radius 2 is 2.00 bits per heavy atom. The summed E-state index contributed by atoms with van der Waals surface area (Å²) in [6.45, 7) is 13.1. The zero-order valence-electron chi connectivity index (χ0n) is 10.0. The van der Waals surface area contributed by atoms with E-state index in [-0.39, 0.29) is 0 Å². The number of nitrogens with one attached hydrogen (secondary N) is 1. The van der Waals surface area contributed by atoms with Crippen LogP contribution in [0.5, 0.6) is 0 Å². The van der Waals surface area contributed by atoms with Crippen LogP contribution in [-0.4, -0.2) is 26.3 Å². The summed E-state index contributed by atoms with van der Waals surface area (Å²) < 4.78 is 5.21. The lowest BCUT2D eigenvalue weighted by Crippen LogP contribution is -2.11. The molecule has 2 heteroatoms. The maximum Gasteiger partial charge on any atom is 0.0495 e. The molecule has 1 aliphatic heterocycles. The Labute approximate surface area is 94.4 Å². The molecule has 15 heavy (non-hydrogen) atoms. The van der Waals surface area contributed by atoms with Crippen molar-refractivity contribution in [1.29, 1.82) is 0 Å². The second-order valence-electron chi connectivity index (χ2n) is 3.75. The lowest BCUT2D eigenvalue weighted by atomic mass is 10.0. The molecule has 0 bridgehead atoms. The van der Waals surface area contributed by atoms with Gasteiger partial charge in [0.15, 0.2) is 0 Å². The van der Waals surface area contributed by atoms with Crippen molar-refractivity contribution in [1.82, 2.24) is 5.32 Å². The minimum atomic E-state index is 0.867. The van der Waals surface area contributed by atoms with Gasteiger partial charge in [-0.3, -0.25) is 0 Å². The van der Waals surface area contributed by atoms with Crippen LogP contribution in [0.3, 0.4) is 0 Å². The molecule has 0 amide bonds. The van der Waals surface area contributed by atoms with Gasteiger partial charge in [0, 0.05) is 26.3 Å². The molecule has 0 spiro atoms. The largest absolute Gasteiger partial charge is 0.381 e. The molecular weight excluding hydrogens is 186 g/mol. The van der Waals surface area contributed by atoms with E-state index in [2.05, 4.69) is 25.4 Å². The number of ether oxygens (including phenoxy) is 1. The maximum absolute atomic E-state index is 5.21. The normalized spacial score (nSPS) is 19.1. The van der Waals surface area contributed by atoms with Crippen LogP contribution in [0.1, 0.15) is 26.2 Å². The molecule has 1 fully saturated rings. The monoisotopic (exact) mass is 211 g/mol. The highest BCUT2D eigenvalue weighted by atomic mass is 16.5. The van der Waals surface area contributed by atoms with E-state index < -0.39 is 0 Å². The van der Waals surface area contributed by atoms with Crippen molar-refractivity contribution in [3.63, 3.8) is 0 Å². The van der Waals surface area contributed by atoms with Gasteiger partial charge in [-0.25, -0.2) is 0 Å². The fraction of sp³-hybridized carbons (Fsp3) is 0.692. The summed E-state index contributed by atoms with van der Waals surface area (Å²) in [5.74, 6) is 0.889. The zero-order chi connectivity index (χ0) is 11.4. The summed E-state index contributed by atoms with van der Waals surface area (Å²) >= 11 is 0. The first-order chi connectivity index (χ1) is 7.35. The van der Waals surface area contributed by atoms with Crippen molar-refractivity contribution in [3.8, 4) is 0 Å². The van der Waals surface area contributed by atoms with Gasteiger partial charge >= 0.3 is 0 Å². The summed E-state index contributed by atoms with van der Waals surface area (Å²) in [7, 11) is 0. The lowest BCUT2D eigenvalue weighted by molar-refractivity contribution is 0.184. The summed E-state index contributed by atoms with van der Waals surface area (Å²) in [5.41, 5.74) is 0. The van der Waals surface area contributed by atoms with Crippen molar-refractivity contribution >= 4 is 0 Å². The van der Waals surface area contributed by atoms with Crippen LogP contribution < -0.4 is 5.32 Å². The molecule has 0 aromatic carbocycles. The Bertz CT molecular complexity index is 143. The molecule has 0 aromatic heterocycles. The molecule has 1 aliphatic rings.